The van der Waals surface area contributed by atoms with Crippen LogP contribution in [0, 0.1) is 27.3 Å². The lowest BCUT2D eigenvalue weighted by Crippen LogP contribution is -2.68. The predicted molar refractivity (Wildman–Crippen MR) is 275 cm³/mol. The number of carbonyl (C=O) groups excluding carboxylic acids is 1. The Morgan fingerprint density at radius 2 is 1.75 bits per heavy atom. The fourth-order valence-electron chi connectivity index (χ4n) is 11.4. The quantitative estimate of drug-likeness (QED) is 0.0528. The highest BCUT2D eigenvalue weighted by Crippen LogP contribution is 2.54. The summed E-state index contributed by atoms with van der Waals surface area (Å²) in [5.74, 6) is -0.227. The molecule has 2 aliphatic carbocycles. The Hall–Kier alpha value is -6.67. The van der Waals surface area contributed by atoms with Gasteiger partial charge in [-0.3, -0.25) is 24.7 Å². The van der Waals surface area contributed by atoms with Crippen LogP contribution in [0.5, 0.6) is 17.2 Å². The van der Waals surface area contributed by atoms with Crippen molar-refractivity contribution < 1.29 is 37.1 Å². The molecule has 3 aromatic heterocycles. The number of nitro groups is 1. The number of pyridine rings is 2. The summed E-state index contributed by atoms with van der Waals surface area (Å²) in [6.07, 6.45) is 8.21. The van der Waals surface area contributed by atoms with Gasteiger partial charge in [0.2, 0.25) is 5.82 Å². The number of anilines is 2. The largest absolute Gasteiger partial charge is 0.497 e. The number of piperazine rings is 1. The zero-order valence-electron chi connectivity index (χ0n) is 41.5. The van der Waals surface area contributed by atoms with Crippen LogP contribution in [-0.2, 0) is 16.6 Å². The number of ether oxygens (including phenoxy) is 2. The van der Waals surface area contributed by atoms with E-state index in [-0.39, 0.29) is 45.6 Å². The van der Waals surface area contributed by atoms with Gasteiger partial charge in [-0.1, -0.05) is 50.2 Å². The maximum atomic E-state index is 14.7. The molecule has 1 atom stereocenters. The van der Waals surface area contributed by atoms with E-state index in [1.54, 1.807) is 26.2 Å². The molecule has 1 amide bonds. The molecular formula is C54H62FN9O8S. The molecule has 17 nitrogen and oxygen atoms in total. The van der Waals surface area contributed by atoms with E-state index in [2.05, 4.69) is 89.9 Å². The number of benzene rings is 3. The summed E-state index contributed by atoms with van der Waals surface area (Å²) in [5.41, 5.74) is 3.70. The molecule has 0 bridgehead atoms. The standard InChI is InChI=1S/C54H62FN9O8S/c1-34(2)42-7-5-6-8-43(42)48-31-61(30-36-9-12-39(71-4)13-10-36)19-20-63(48)38-24-54(25-38)32-62(33-54)37-11-14-44(49(21-37)72-40-22-45-46(55)29-59-50(45)57-27-40)52(65)60-73(69,70)41-23-47(64(67)68)51(58-28-41)56-26-35-15-17-53(3,66)18-16-35/h5-14,21-23,27-29,34-35,38,48,66H,15-20,24-26,30-33H2,1-4H3,(H,56,58)(H,57,59)(H,60,65)/t35?,48-,53?/m0/s1. The van der Waals surface area contributed by atoms with Crippen molar-refractivity contribution in [2.75, 3.05) is 56.6 Å². The van der Waals surface area contributed by atoms with Gasteiger partial charge in [0, 0.05) is 87.3 Å². The minimum atomic E-state index is -4.70. The van der Waals surface area contributed by atoms with Gasteiger partial charge >= 0.3 is 5.69 Å². The van der Waals surface area contributed by atoms with Crippen LogP contribution in [0.4, 0.5) is 21.6 Å². The number of rotatable bonds is 16. The number of hydrogen-bond donors (Lipinski definition) is 4. The van der Waals surface area contributed by atoms with Gasteiger partial charge in [0.1, 0.15) is 33.6 Å². The Balaban J connectivity index is 0.847. The van der Waals surface area contributed by atoms with E-state index in [4.69, 9.17) is 9.47 Å². The maximum absolute atomic E-state index is 14.7. The molecule has 19 heteroatoms. The molecule has 3 aromatic carbocycles. The summed E-state index contributed by atoms with van der Waals surface area (Å²) in [4.78, 5) is 43.5. The number of methoxy groups -OCH3 is 1. The minimum absolute atomic E-state index is 0.00165. The number of nitrogens with one attached hydrogen (secondary N) is 3. The van der Waals surface area contributed by atoms with Gasteiger partial charge in [-0.25, -0.2) is 27.5 Å². The number of hydrogen-bond acceptors (Lipinski definition) is 14. The van der Waals surface area contributed by atoms with Crippen molar-refractivity contribution in [3.8, 4) is 17.2 Å². The SMILES string of the molecule is COc1ccc(CN2CCN(C3CC4(C3)CN(c3ccc(C(=O)NS(=O)(=O)c5cnc(NCC6CCC(C)(O)CC6)c([N+](=O)[O-])c5)c(Oc5cnc6[nH]cc(F)c6c5)c3)C4)[C@H](c3ccccc3C(C)C)C2)cc1. The minimum Gasteiger partial charge on any atom is -0.497 e. The molecule has 4 fully saturated rings. The molecule has 5 heterocycles. The lowest BCUT2D eigenvalue weighted by atomic mass is 9.59. The van der Waals surface area contributed by atoms with Gasteiger partial charge in [0.15, 0.2) is 0 Å². The summed E-state index contributed by atoms with van der Waals surface area (Å²) in [5, 5.41) is 25.7. The van der Waals surface area contributed by atoms with Crippen molar-refractivity contribution in [1.82, 2.24) is 29.5 Å². The molecule has 4 N–H and O–H groups in total. The lowest BCUT2D eigenvalue weighted by Gasteiger charge is -2.63. The molecule has 4 aliphatic rings. The van der Waals surface area contributed by atoms with Crippen LogP contribution in [0.2, 0.25) is 0 Å². The normalized spacial score (nSPS) is 21.4. The van der Waals surface area contributed by atoms with E-state index >= 15 is 0 Å². The second-order valence-corrected chi connectivity index (χ2v) is 22.8. The number of fused-ring (bicyclic) bond motifs is 1. The van der Waals surface area contributed by atoms with Gasteiger partial charge in [-0.2, -0.15) is 0 Å². The molecule has 384 valence electrons. The average Bonchev–Trinajstić information content (AvgIpc) is 3.72. The second-order valence-electron chi connectivity index (χ2n) is 21.1. The van der Waals surface area contributed by atoms with E-state index in [9.17, 15) is 32.8 Å². The number of aromatic nitrogens is 3. The second kappa shape index (κ2) is 20.0. The third kappa shape index (κ3) is 10.6. The van der Waals surface area contributed by atoms with Crippen LogP contribution in [0.3, 0.4) is 0 Å². The first-order chi connectivity index (χ1) is 34.9. The predicted octanol–water partition coefficient (Wildman–Crippen LogP) is 8.93. The van der Waals surface area contributed by atoms with Crippen molar-refractivity contribution in [3.63, 3.8) is 0 Å². The van der Waals surface area contributed by atoms with Crippen molar-refractivity contribution in [1.29, 1.82) is 0 Å². The first-order valence-electron chi connectivity index (χ1n) is 25.0. The van der Waals surface area contributed by atoms with Crippen LogP contribution < -0.4 is 24.4 Å². The summed E-state index contributed by atoms with van der Waals surface area (Å²) >= 11 is 0. The van der Waals surface area contributed by atoms with Crippen molar-refractivity contribution >= 4 is 44.2 Å². The van der Waals surface area contributed by atoms with Crippen LogP contribution in [0.25, 0.3) is 11.0 Å². The van der Waals surface area contributed by atoms with E-state index in [0.717, 1.165) is 75.8 Å². The van der Waals surface area contributed by atoms with Gasteiger partial charge < -0.3 is 29.8 Å². The first kappa shape index (κ1) is 49.9. The average molecular weight is 1020 g/mol. The molecule has 10 rings (SSSR count). The molecule has 2 saturated carbocycles. The van der Waals surface area contributed by atoms with Crippen LogP contribution in [0.1, 0.15) is 98.3 Å². The number of sulfonamides is 1. The number of nitrogens with zero attached hydrogens (tertiary/aromatic N) is 6. The molecule has 6 aromatic rings. The lowest BCUT2D eigenvalue weighted by molar-refractivity contribution is -0.384. The zero-order valence-corrected chi connectivity index (χ0v) is 42.3. The molecule has 0 radical (unpaired) electrons. The van der Waals surface area contributed by atoms with Crippen molar-refractivity contribution in [3.05, 3.63) is 136 Å². The van der Waals surface area contributed by atoms with E-state index in [1.807, 2.05) is 12.1 Å². The fraction of sp³-hybridized carbons (Fsp3) is 0.426. The topological polar surface area (TPSA) is 208 Å². The number of H-pyrrole nitrogens is 1. The third-order valence-corrected chi connectivity index (χ3v) is 16.8. The Morgan fingerprint density at radius 1 is 1.00 bits per heavy atom. The summed E-state index contributed by atoms with van der Waals surface area (Å²) in [7, 11) is -3.02. The number of aromatic amines is 1. The maximum Gasteiger partial charge on any atom is 0.312 e. The molecule has 0 unspecified atom stereocenters. The number of halogens is 1. The van der Waals surface area contributed by atoms with Gasteiger partial charge in [-0.15, -0.1) is 0 Å². The molecule has 73 heavy (non-hydrogen) atoms. The van der Waals surface area contributed by atoms with Gasteiger partial charge in [-0.05, 0) is 104 Å². The third-order valence-electron chi connectivity index (χ3n) is 15.5. The van der Waals surface area contributed by atoms with E-state index in [0.29, 0.717) is 49.8 Å². The zero-order chi connectivity index (χ0) is 51.2. The molecule has 2 saturated heterocycles. The van der Waals surface area contributed by atoms with Crippen LogP contribution >= 0.6 is 0 Å². The van der Waals surface area contributed by atoms with Crippen molar-refractivity contribution in [2.24, 2.45) is 11.3 Å². The highest BCUT2D eigenvalue weighted by Gasteiger charge is 2.55. The number of carbonyl (C=O) groups is 1. The number of aliphatic hydroxyl groups is 1. The fourth-order valence-corrected chi connectivity index (χ4v) is 12.3. The van der Waals surface area contributed by atoms with Crippen LogP contribution in [0.15, 0.2) is 102 Å². The summed E-state index contributed by atoms with van der Waals surface area (Å²) < 4.78 is 56.0. The van der Waals surface area contributed by atoms with E-state index in [1.165, 1.54) is 41.2 Å². The smallest absolute Gasteiger partial charge is 0.312 e. The Morgan fingerprint density at radius 3 is 2.48 bits per heavy atom. The van der Waals surface area contributed by atoms with Gasteiger partial charge in [0.25, 0.3) is 15.9 Å². The molecule has 2 aliphatic heterocycles. The highest BCUT2D eigenvalue weighted by molar-refractivity contribution is 7.90. The molecular weight excluding hydrogens is 954 g/mol. The first-order valence-corrected chi connectivity index (χ1v) is 26.5. The monoisotopic (exact) mass is 1020 g/mol. The Kier molecular flexibility index (Phi) is 13.7. The highest BCUT2D eigenvalue weighted by atomic mass is 32.2. The van der Waals surface area contributed by atoms with Crippen LogP contribution in [-0.4, -0.2) is 107 Å². The summed E-state index contributed by atoms with van der Waals surface area (Å²) in [6, 6.07) is 25.0. The Labute approximate surface area is 424 Å². The van der Waals surface area contributed by atoms with Crippen molar-refractivity contribution in [2.45, 2.75) is 94.3 Å². The number of amides is 1. The van der Waals surface area contributed by atoms with Gasteiger partial charge in [0.05, 0.1) is 41.0 Å². The summed E-state index contributed by atoms with van der Waals surface area (Å²) in [6.45, 7) is 11.9. The van der Waals surface area contributed by atoms with E-state index < -0.39 is 42.9 Å². The molecule has 1 spiro atoms. The Bertz CT molecular complexity index is 3130.